The minimum absolute atomic E-state index is 0.344. The number of benzene rings is 1. The number of halogens is 1. The lowest BCUT2D eigenvalue weighted by Gasteiger charge is -2.05. The molecule has 2 heterocycles. The molecule has 2 atom stereocenters. The van der Waals surface area contributed by atoms with E-state index in [0.29, 0.717) is 22.9 Å². The predicted octanol–water partition coefficient (Wildman–Crippen LogP) is 3.40. The van der Waals surface area contributed by atoms with Crippen LogP contribution in [0.1, 0.15) is 23.9 Å². The molecule has 3 aromatic rings. The summed E-state index contributed by atoms with van der Waals surface area (Å²) in [4.78, 5) is 8.74. The monoisotopic (exact) mass is 284 g/mol. The number of hydrogen-bond donors (Lipinski definition) is 1. The predicted molar refractivity (Wildman–Crippen MR) is 79.8 cm³/mol. The first-order valence-corrected chi connectivity index (χ1v) is 6.96. The smallest absolute Gasteiger partial charge is 0.202 e. The number of pyridine rings is 1. The Labute approximate surface area is 121 Å². The van der Waals surface area contributed by atoms with E-state index in [2.05, 4.69) is 34.2 Å². The highest BCUT2D eigenvalue weighted by molar-refractivity contribution is 6.31. The zero-order valence-corrected chi connectivity index (χ0v) is 11.5. The minimum Gasteiger partial charge on any atom is -0.369 e. The van der Waals surface area contributed by atoms with E-state index in [1.165, 1.54) is 5.56 Å². The van der Waals surface area contributed by atoms with Gasteiger partial charge in [0, 0.05) is 18.2 Å². The molecule has 2 N–H and O–H groups in total. The molecule has 4 rings (SSSR count). The second kappa shape index (κ2) is 4.21. The highest BCUT2D eigenvalue weighted by Gasteiger charge is 2.41. The molecule has 5 heteroatoms. The van der Waals surface area contributed by atoms with Crippen molar-refractivity contribution in [3.05, 3.63) is 53.2 Å². The normalized spacial score (nSPS) is 21.2. The maximum atomic E-state index is 6.05. The highest BCUT2D eigenvalue weighted by Crippen LogP contribution is 2.53. The first kappa shape index (κ1) is 11.7. The lowest BCUT2D eigenvalue weighted by molar-refractivity contribution is 0.743. The molecule has 0 bridgehead atoms. The Kier molecular flexibility index (Phi) is 2.47. The molecule has 100 valence electrons. The van der Waals surface area contributed by atoms with Gasteiger partial charge in [0.15, 0.2) is 5.65 Å². The third kappa shape index (κ3) is 1.76. The van der Waals surface area contributed by atoms with Gasteiger partial charge in [0.2, 0.25) is 5.95 Å². The summed E-state index contributed by atoms with van der Waals surface area (Å²) < 4.78 is 2.03. The van der Waals surface area contributed by atoms with Crippen LogP contribution in [-0.4, -0.2) is 14.5 Å². The third-order valence-corrected chi connectivity index (χ3v) is 4.05. The zero-order chi connectivity index (χ0) is 13.7. The van der Waals surface area contributed by atoms with E-state index in [9.17, 15) is 0 Å². The third-order valence-electron chi connectivity index (χ3n) is 3.84. The number of aromatic nitrogens is 3. The number of fused-ring (bicyclic) bond motifs is 1. The van der Waals surface area contributed by atoms with Crippen molar-refractivity contribution in [1.29, 1.82) is 0 Å². The van der Waals surface area contributed by atoms with Gasteiger partial charge in [-0.25, -0.2) is 9.97 Å². The lowest BCUT2D eigenvalue weighted by Crippen LogP contribution is -2.03. The van der Waals surface area contributed by atoms with Crippen molar-refractivity contribution in [3.63, 3.8) is 0 Å². The fourth-order valence-electron chi connectivity index (χ4n) is 2.83. The first-order chi connectivity index (χ1) is 9.74. The van der Waals surface area contributed by atoms with Gasteiger partial charge in [0.25, 0.3) is 0 Å². The summed E-state index contributed by atoms with van der Waals surface area (Å²) in [5.74, 6) is 1.01. The van der Waals surface area contributed by atoms with Crippen LogP contribution >= 0.6 is 11.6 Å². The summed E-state index contributed by atoms with van der Waals surface area (Å²) in [7, 11) is 0. The maximum Gasteiger partial charge on any atom is 0.202 e. The second-order valence-corrected chi connectivity index (χ2v) is 5.59. The molecule has 0 spiro atoms. The maximum absolute atomic E-state index is 6.05. The molecule has 2 unspecified atom stereocenters. The van der Waals surface area contributed by atoms with Gasteiger partial charge < -0.3 is 5.73 Å². The van der Waals surface area contributed by atoms with Gasteiger partial charge in [-0.1, -0.05) is 41.9 Å². The van der Waals surface area contributed by atoms with Crippen LogP contribution in [0, 0.1) is 0 Å². The molecule has 1 saturated carbocycles. The topological polar surface area (TPSA) is 56.7 Å². The number of rotatable bonds is 2. The van der Waals surface area contributed by atoms with Crippen molar-refractivity contribution in [1.82, 2.24) is 14.5 Å². The highest BCUT2D eigenvalue weighted by atomic mass is 35.5. The van der Waals surface area contributed by atoms with E-state index in [4.69, 9.17) is 17.3 Å². The number of anilines is 1. The fraction of sp³-hybridized carbons (Fsp3) is 0.200. The molecule has 0 radical (unpaired) electrons. The molecule has 0 saturated heterocycles. The summed E-state index contributed by atoms with van der Waals surface area (Å²) in [6, 6.07) is 12.6. The van der Waals surface area contributed by atoms with Gasteiger partial charge in [0.05, 0.1) is 5.02 Å². The van der Waals surface area contributed by atoms with Gasteiger partial charge in [-0.3, -0.25) is 4.57 Å². The quantitative estimate of drug-likeness (QED) is 0.785. The molecular formula is C15H13ClN4. The Balaban J connectivity index is 1.76. The molecule has 2 aromatic heterocycles. The summed E-state index contributed by atoms with van der Waals surface area (Å²) in [5.41, 5.74) is 8.97. The van der Waals surface area contributed by atoms with Crippen molar-refractivity contribution >= 4 is 28.7 Å². The van der Waals surface area contributed by atoms with Crippen LogP contribution in [0.5, 0.6) is 0 Å². The van der Waals surface area contributed by atoms with E-state index >= 15 is 0 Å². The molecule has 1 fully saturated rings. The van der Waals surface area contributed by atoms with E-state index in [-0.39, 0.29) is 0 Å². The molecular weight excluding hydrogens is 272 g/mol. The number of nitrogen functional groups attached to an aromatic ring is 1. The van der Waals surface area contributed by atoms with Crippen molar-refractivity contribution in [2.45, 2.75) is 18.4 Å². The molecule has 20 heavy (non-hydrogen) atoms. The Morgan fingerprint density at radius 1 is 1.25 bits per heavy atom. The summed E-state index contributed by atoms with van der Waals surface area (Å²) in [5, 5.41) is 0.581. The van der Waals surface area contributed by atoms with Crippen LogP contribution in [0.2, 0.25) is 5.02 Å². The number of imidazole rings is 1. The standard InChI is InChI=1S/C15H13ClN4/c16-10-6-12-14(18-8-10)20(15(17)19-12)13-7-11(13)9-4-2-1-3-5-9/h1-6,8,11,13H,7H2,(H2,17,19). The summed E-state index contributed by atoms with van der Waals surface area (Å²) >= 11 is 5.95. The Hall–Kier alpha value is -2.07. The Bertz CT molecular complexity index is 781. The summed E-state index contributed by atoms with van der Waals surface area (Å²) in [6.45, 7) is 0. The molecule has 1 aliphatic rings. The lowest BCUT2D eigenvalue weighted by atomic mass is 10.1. The largest absolute Gasteiger partial charge is 0.369 e. The average molecular weight is 285 g/mol. The van der Waals surface area contributed by atoms with E-state index in [1.807, 2.05) is 10.6 Å². The van der Waals surface area contributed by atoms with Crippen molar-refractivity contribution in [3.8, 4) is 0 Å². The Morgan fingerprint density at radius 2 is 2.05 bits per heavy atom. The molecule has 1 aromatic carbocycles. The van der Waals surface area contributed by atoms with Crippen molar-refractivity contribution in [2.75, 3.05) is 5.73 Å². The summed E-state index contributed by atoms with van der Waals surface area (Å²) in [6.07, 6.45) is 2.71. The number of hydrogen-bond acceptors (Lipinski definition) is 3. The van der Waals surface area contributed by atoms with Crippen molar-refractivity contribution < 1.29 is 0 Å². The van der Waals surface area contributed by atoms with Crippen LogP contribution in [-0.2, 0) is 0 Å². The van der Waals surface area contributed by atoms with Gasteiger partial charge in [-0.15, -0.1) is 0 Å². The van der Waals surface area contributed by atoms with E-state index in [1.54, 1.807) is 12.3 Å². The molecule has 0 amide bonds. The van der Waals surface area contributed by atoms with Crippen LogP contribution in [0.15, 0.2) is 42.6 Å². The SMILES string of the molecule is Nc1nc2cc(Cl)cnc2n1C1CC1c1ccccc1. The average Bonchev–Trinajstić information content (AvgIpc) is 3.16. The van der Waals surface area contributed by atoms with Crippen LogP contribution < -0.4 is 5.73 Å². The van der Waals surface area contributed by atoms with Gasteiger partial charge in [-0.05, 0) is 18.1 Å². The number of nitrogens with two attached hydrogens (primary N) is 1. The van der Waals surface area contributed by atoms with Crippen LogP contribution in [0.4, 0.5) is 5.95 Å². The van der Waals surface area contributed by atoms with Gasteiger partial charge in [-0.2, -0.15) is 0 Å². The fourth-order valence-corrected chi connectivity index (χ4v) is 2.98. The van der Waals surface area contributed by atoms with Gasteiger partial charge in [0.1, 0.15) is 5.52 Å². The second-order valence-electron chi connectivity index (χ2n) is 5.16. The minimum atomic E-state index is 0.344. The van der Waals surface area contributed by atoms with Crippen LogP contribution in [0.25, 0.3) is 11.2 Å². The Morgan fingerprint density at radius 3 is 2.85 bits per heavy atom. The number of nitrogens with zero attached hydrogens (tertiary/aromatic N) is 3. The van der Waals surface area contributed by atoms with Crippen molar-refractivity contribution in [2.24, 2.45) is 0 Å². The zero-order valence-electron chi connectivity index (χ0n) is 10.7. The van der Waals surface area contributed by atoms with E-state index < -0.39 is 0 Å². The van der Waals surface area contributed by atoms with Gasteiger partial charge >= 0.3 is 0 Å². The van der Waals surface area contributed by atoms with E-state index in [0.717, 1.165) is 17.6 Å². The first-order valence-electron chi connectivity index (χ1n) is 6.58. The van der Waals surface area contributed by atoms with Crippen LogP contribution in [0.3, 0.4) is 0 Å². The molecule has 1 aliphatic carbocycles. The molecule has 0 aliphatic heterocycles. The molecule has 4 nitrogen and oxygen atoms in total.